The molecule has 0 unspecified atom stereocenters. The summed E-state index contributed by atoms with van der Waals surface area (Å²) < 4.78 is 46.0. The van der Waals surface area contributed by atoms with Crippen molar-refractivity contribution in [1.29, 1.82) is 0 Å². The molecule has 0 fully saturated rings. The Morgan fingerprint density at radius 3 is 2.37 bits per heavy atom. The molecule has 3 aromatic rings. The lowest BCUT2D eigenvalue weighted by Crippen LogP contribution is -2.17. The maximum atomic E-state index is 12.3. The van der Waals surface area contributed by atoms with Crippen LogP contribution in [0.4, 0.5) is 24.8 Å². The molecule has 0 saturated carbocycles. The average molecular weight is 397 g/mol. The van der Waals surface area contributed by atoms with Crippen molar-refractivity contribution in [2.75, 3.05) is 12.4 Å². The zero-order valence-corrected chi connectivity index (χ0v) is 14.5. The van der Waals surface area contributed by atoms with Crippen LogP contribution in [0.5, 0.6) is 11.5 Å². The van der Waals surface area contributed by atoms with E-state index in [0.29, 0.717) is 22.8 Å². The topological polar surface area (TPSA) is 69.2 Å². The highest BCUT2D eigenvalue weighted by Crippen LogP contribution is 2.27. The van der Waals surface area contributed by atoms with Crippen LogP contribution in [-0.2, 0) is 0 Å². The highest BCUT2D eigenvalue weighted by Gasteiger charge is 2.31. The van der Waals surface area contributed by atoms with Gasteiger partial charge in [-0.2, -0.15) is 15.0 Å². The van der Waals surface area contributed by atoms with Gasteiger partial charge in [0.05, 0.1) is 7.11 Å². The van der Waals surface area contributed by atoms with E-state index in [0.717, 1.165) is 6.07 Å². The van der Waals surface area contributed by atoms with Gasteiger partial charge in [-0.3, -0.25) is 0 Å². The second-order valence-corrected chi connectivity index (χ2v) is 5.52. The van der Waals surface area contributed by atoms with Crippen LogP contribution in [-0.4, -0.2) is 28.4 Å². The Morgan fingerprint density at radius 2 is 1.70 bits per heavy atom. The number of alkyl halides is 3. The first-order chi connectivity index (χ1) is 12.8. The lowest BCUT2D eigenvalue weighted by Gasteiger charge is -2.11. The van der Waals surface area contributed by atoms with Gasteiger partial charge < -0.3 is 14.8 Å². The summed E-state index contributed by atoms with van der Waals surface area (Å²) in [7, 11) is 1.55. The van der Waals surface area contributed by atoms with Crippen molar-refractivity contribution in [1.82, 2.24) is 15.0 Å². The Labute approximate surface area is 157 Å². The summed E-state index contributed by atoms with van der Waals surface area (Å²) in [5, 5.41) is 2.72. The van der Waals surface area contributed by atoms with Crippen molar-refractivity contribution in [3.05, 3.63) is 53.8 Å². The summed E-state index contributed by atoms with van der Waals surface area (Å²) in [5.74, 6) is 0.662. The van der Waals surface area contributed by atoms with E-state index in [2.05, 4.69) is 25.0 Å². The summed E-state index contributed by atoms with van der Waals surface area (Å²) in [4.78, 5) is 12.2. The van der Waals surface area contributed by atoms with E-state index >= 15 is 0 Å². The predicted molar refractivity (Wildman–Crippen MR) is 93.2 cm³/mol. The second-order valence-electron chi connectivity index (χ2n) is 5.18. The minimum Gasteiger partial charge on any atom is -0.497 e. The van der Waals surface area contributed by atoms with Gasteiger partial charge in [-0.05, 0) is 48.0 Å². The molecule has 140 valence electrons. The highest BCUT2D eigenvalue weighted by molar-refractivity contribution is 6.28. The molecular weight excluding hydrogens is 385 g/mol. The number of hydrogen-bond acceptors (Lipinski definition) is 6. The molecule has 0 aliphatic rings. The molecule has 0 saturated heterocycles. The molecule has 0 spiro atoms. The van der Waals surface area contributed by atoms with Crippen LogP contribution in [0.3, 0.4) is 0 Å². The third-order valence-electron chi connectivity index (χ3n) is 3.28. The van der Waals surface area contributed by atoms with E-state index in [1.807, 2.05) is 0 Å². The molecule has 0 amide bonds. The molecule has 2 aromatic carbocycles. The van der Waals surface area contributed by atoms with Gasteiger partial charge in [-0.1, -0.05) is 6.07 Å². The van der Waals surface area contributed by atoms with E-state index < -0.39 is 6.36 Å². The minimum absolute atomic E-state index is 0.0685. The van der Waals surface area contributed by atoms with Crippen LogP contribution in [0.1, 0.15) is 0 Å². The van der Waals surface area contributed by atoms with Crippen LogP contribution in [0, 0.1) is 0 Å². The zero-order valence-electron chi connectivity index (χ0n) is 13.8. The molecule has 1 N–H and O–H groups in total. The number of methoxy groups -OCH3 is 1. The van der Waals surface area contributed by atoms with Crippen molar-refractivity contribution in [3.8, 4) is 22.9 Å². The summed E-state index contributed by atoms with van der Waals surface area (Å²) in [6.07, 6.45) is -4.78. The molecule has 3 rings (SSSR count). The highest BCUT2D eigenvalue weighted by atomic mass is 35.5. The first-order valence-corrected chi connectivity index (χ1v) is 7.89. The van der Waals surface area contributed by atoms with Gasteiger partial charge in [0.15, 0.2) is 5.82 Å². The van der Waals surface area contributed by atoms with Crippen LogP contribution >= 0.6 is 11.6 Å². The Morgan fingerprint density at radius 1 is 0.963 bits per heavy atom. The molecule has 0 aliphatic carbocycles. The first-order valence-electron chi connectivity index (χ1n) is 7.51. The Bertz CT molecular complexity index is 936. The van der Waals surface area contributed by atoms with E-state index in [-0.39, 0.29) is 17.0 Å². The van der Waals surface area contributed by atoms with E-state index in [1.165, 1.54) is 18.2 Å². The summed E-state index contributed by atoms with van der Waals surface area (Å²) in [6.45, 7) is 0. The molecule has 1 heterocycles. The zero-order chi connectivity index (χ0) is 19.4. The Hall–Kier alpha value is -3.07. The average Bonchev–Trinajstić information content (AvgIpc) is 2.60. The quantitative estimate of drug-likeness (QED) is 0.665. The smallest absolute Gasteiger partial charge is 0.497 e. The second kappa shape index (κ2) is 7.67. The van der Waals surface area contributed by atoms with Gasteiger partial charge in [-0.15, -0.1) is 13.2 Å². The predicted octanol–water partition coefficient (Wildman–Crippen LogP) is 4.84. The maximum Gasteiger partial charge on any atom is 0.573 e. The number of hydrogen-bond donors (Lipinski definition) is 1. The SMILES string of the molecule is COc1ccc(-c2nc(Cl)nc(Nc3cccc(OC(F)(F)F)c3)n2)cc1. The number of nitrogens with one attached hydrogen (secondary N) is 1. The lowest BCUT2D eigenvalue weighted by atomic mass is 10.2. The van der Waals surface area contributed by atoms with Crippen molar-refractivity contribution >= 4 is 23.2 Å². The van der Waals surface area contributed by atoms with E-state index in [4.69, 9.17) is 16.3 Å². The van der Waals surface area contributed by atoms with Crippen LogP contribution in [0.25, 0.3) is 11.4 Å². The first kappa shape index (κ1) is 18.7. The fraction of sp³-hybridized carbons (Fsp3) is 0.118. The van der Waals surface area contributed by atoms with Crippen molar-refractivity contribution in [3.63, 3.8) is 0 Å². The Kier molecular flexibility index (Phi) is 5.31. The van der Waals surface area contributed by atoms with Crippen molar-refractivity contribution < 1.29 is 22.6 Å². The van der Waals surface area contributed by atoms with Crippen LogP contribution in [0.15, 0.2) is 48.5 Å². The van der Waals surface area contributed by atoms with E-state index in [9.17, 15) is 13.2 Å². The normalized spacial score (nSPS) is 11.1. The number of aromatic nitrogens is 3. The van der Waals surface area contributed by atoms with Gasteiger partial charge >= 0.3 is 6.36 Å². The minimum atomic E-state index is -4.78. The molecule has 6 nitrogen and oxygen atoms in total. The van der Waals surface area contributed by atoms with Gasteiger partial charge in [0, 0.05) is 17.3 Å². The fourth-order valence-corrected chi connectivity index (χ4v) is 2.34. The Balaban J connectivity index is 1.85. The van der Waals surface area contributed by atoms with Gasteiger partial charge in [-0.25, -0.2) is 0 Å². The number of anilines is 2. The molecule has 10 heteroatoms. The maximum absolute atomic E-state index is 12.3. The summed E-state index contributed by atoms with van der Waals surface area (Å²) >= 11 is 5.94. The van der Waals surface area contributed by atoms with Gasteiger partial charge in [0.25, 0.3) is 0 Å². The number of benzene rings is 2. The number of ether oxygens (including phenoxy) is 2. The lowest BCUT2D eigenvalue weighted by molar-refractivity contribution is -0.274. The van der Waals surface area contributed by atoms with Crippen molar-refractivity contribution in [2.45, 2.75) is 6.36 Å². The van der Waals surface area contributed by atoms with Gasteiger partial charge in [0.1, 0.15) is 11.5 Å². The molecule has 0 radical (unpaired) electrons. The molecule has 0 aliphatic heterocycles. The third-order valence-corrected chi connectivity index (χ3v) is 3.45. The largest absolute Gasteiger partial charge is 0.573 e. The third kappa shape index (κ3) is 5.20. The number of rotatable bonds is 5. The molecule has 1 aromatic heterocycles. The monoisotopic (exact) mass is 396 g/mol. The molecular formula is C17H12ClF3N4O2. The summed E-state index contributed by atoms with van der Waals surface area (Å²) in [6, 6.07) is 12.2. The van der Waals surface area contributed by atoms with E-state index in [1.54, 1.807) is 31.4 Å². The van der Waals surface area contributed by atoms with Crippen LogP contribution < -0.4 is 14.8 Å². The van der Waals surface area contributed by atoms with Crippen LogP contribution in [0.2, 0.25) is 5.28 Å². The summed E-state index contributed by atoms with van der Waals surface area (Å²) in [5.41, 5.74) is 0.956. The van der Waals surface area contributed by atoms with Gasteiger partial charge in [0.2, 0.25) is 11.2 Å². The van der Waals surface area contributed by atoms with Crippen molar-refractivity contribution in [2.24, 2.45) is 0 Å². The molecule has 27 heavy (non-hydrogen) atoms. The standard InChI is InChI=1S/C17H12ClF3N4O2/c1-26-12-7-5-10(6-8-12)14-23-15(18)25-16(24-14)22-11-3-2-4-13(9-11)27-17(19,20)21/h2-9H,1H3,(H,22,23,24,25). The molecule has 0 bridgehead atoms. The fourth-order valence-electron chi connectivity index (χ4n) is 2.18. The number of nitrogens with zero attached hydrogens (tertiary/aromatic N) is 3. The number of halogens is 4. The molecule has 0 atom stereocenters.